The van der Waals surface area contributed by atoms with Crippen molar-refractivity contribution in [2.24, 2.45) is 5.10 Å². The molecule has 2 aliphatic heterocycles. The number of thioether (sulfide) groups is 1. The number of benzene rings is 2. The lowest BCUT2D eigenvalue weighted by molar-refractivity contribution is -0.118. The van der Waals surface area contributed by atoms with Gasteiger partial charge in [0.25, 0.3) is 5.91 Å². The molecule has 1 amide bonds. The van der Waals surface area contributed by atoms with Gasteiger partial charge in [-0.2, -0.15) is 5.10 Å². The summed E-state index contributed by atoms with van der Waals surface area (Å²) in [5.41, 5.74) is 6.17. The van der Waals surface area contributed by atoms with Crippen LogP contribution in [0.15, 0.2) is 59.7 Å². The first-order valence-electron chi connectivity index (χ1n) is 7.25. The summed E-state index contributed by atoms with van der Waals surface area (Å²) in [6.07, 6.45) is 1.76. The van der Waals surface area contributed by atoms with Crippen molar-refractivity contribution in [3.8, 4) is 0 Å². The molecule has 110 valence electrons. The van der Waals surface area contributed by atoms with Crippen molar-refractivity contribution in [1.82, 2.24) is 5.43 Å². The van der Waals surface area contributed by atoms with Crippen LogP contribution in [-0.2, 0) is 16.1 Å². The summed E-state index contributed by atoms with van der Waals surface area (Å²) in [7, 11) is 0. The number of aryl methyl sites for hydroxylation is 1. The van der Waals surface area contributed by atoms with Gasteiger partial charge in [-0.3, -0.25) is 10.2 Å². The first-order chi connectivity index (χ1) is 10.8. The first-order valence-corrected chi connectivity index (χ1v) is 8.07. The highest BCUT2D eigenvalue weighted by molar-refractivity contribution is 8.15. The molecule has 1 unspecified atom stereocenters. The van der Waals surface area contributed by atoms with E-state index in [1.54, 1.807) is 0 Å². The Morgan fingerprint density at radius 3 is 2.64 bits per heavy atom. The third kappa shape index (κ3) is 2.09. The lowest BCUT2D eigenvalue weighted by Crippen LogP contribution is -2.39. The van der Waals surface area contributed by atoms with Gasteiger partial charge >= 0.3 is 0 Å². The number of carbonyl (C=O) groups is 1. The zero-order valence-corrected chi connectivity index (χ0v) is 12.7. The number of anilines is 1. The van der Waals surface area contributed by atoms with Crippen LogP contribution in [0.1, 0.15) is 17.5 Å². The van der Waals surface area contributed by atoms with Crippen LogP contribution in [0.2, 0.25) is 0 Å². The fourth-order valence-corrected chi connectivity index (χ4v) is 3.98. The number of carbonyl (C=O) groups excluding carboxylic acids is 1. The second-order valence-electron chi connectivity index (χ2n) is 5.39. The van der Waals surface area contributed by atoms with Crippen molar-refractivity contribution >= 4 is 28.4 Å². The van der Waals surface area contributed by atoms with Crippen LogP contribution in [0.4, 0.5) is 5.69 Å². The van der Waals surface area contributed by atoms with E-state index in [9.17, 15) is 4.79 Å². The minimum Gasteiger partial charge on any atom is -0.323 e. The number of nitrogens with one attached hydrogen (secondary N) is 2. The summed E-state index contributed by atoms with van der Waals surface area (Å²) >= 11 is 1.52. The fourth-order valence-electron chi connectivity index (χ4n) is 2.81. The minimum absolute atomic E-state index is 0.0443. The highest BCUT2D eigenvalue weighted by Crippen LogP contribution is 2.47. The third-order valence-electron chi connectivity index (χ3n) is 3.95. The Hall–Kier alpha value is -2.27. The van der Waals surface area contributed by atoms with Gasteiger partial charge in [-0.1, -0.05) is 60.3 Å². The van der Waals surface area contributed by atoms with E-state index in [1.165, 1.54) is 17.3 Å². The quantitative estimate of drug-likeness (QED) is 0.916. The van der Waals surface area contributed by atoms with Gasteiger partial charge in [0, 0.05) is 17.7 Å². The molecule has 1 spiro atoms. The number of hydrogen-bond donors (Lipinski definition) is 2. The van der Waals surface area contributed by atoms with Crippen molar-refractivity contribution in [2.75, 3.05) is 5.32 Å². The second kappa shape index (κ2) is 5.18. The molecule has 2 aliphatic rings. The Kier molecular flexibility index (Phi) is 3.15. The van der Waals surface area contributed by atoms with Gasteiger partial charge in [0.1, 0.15) is 0 Å². The molecule has 2 N–H and O–H groups in total. The van der Waals surface area contributed by atoms with Crippen LogP contribution in [-0.4, -0.2) is 11.0 Å². The zero-order chi connectivity index (χ0) is 15.0. The van der Waals surface area contributed by atoms with Gasteiger partial charge in [0.2, 0.25) is 4.87 Å². The Labute approximate surface area is 133 Å². The third-order valence-corrected chi connectivity index (χ3v) is 5.29. The molecular formula is C17H15N3OS. The number of hydrogen-bond acceptors (Lipinski definition) is 4. The molecule has 5 heteroatoms. The lowest BCUT2D eigenvalue weighted by atomic mass is 10.1. The maximum absolute atomic E-state index is 12.4. The number of hydrazone groups is 1. The van der Waals surface area contributed by atoms with Crippen LogP contribution in [0.5, 0.6) is 0 Å². The Morgan fingerprint density at radius 2 is 1.77 bits per heavy atom. The second-order valence-corrected chi connectivity index (χ2v) is 6.67. The number of para-hydroxylation sites is 1. The number of nitrogens with zero attached hydrogens (tertiary/aromatic N) is 1. The molecule has 0 radical (unpaired) electrons. The molecule has 0 fully saturated rings. The Morgan fingerprint density at radius 1 is 1.00 bits per heavy atom. The van der Waals surface area contributed by atoms with Crippen LogP contribution < -0.4 is 10.7 Å². The highest BCUT2D eigenvalue weighted by Gasteiger charge is 2.51. The number of rotatable bonds is 3. The smallest absolute Gasteiger partial charge is 0.267 e. The molecule has 0 aromatic heterocycles. The summed E-state index contributed by atoms with van der Waals surface area (Å²) in [5, 5.41) is 8.30. The van der Waals surface area contributed by atoms with Crippen LogP contribution >= 0.6 is 11.8 Å². The van der Waals surface area contributed by atoms with E-state index in [2.05, 4.69) is 28.0 Å². The van der Waals surface area contributed by atoms with Crippen molar-refractivity contribution in [2.45, 2.75) is 17.7 Å². The maximum atomic E-state index is 12.4. The Bertz CT molecular complexity index is 760. The summed E-state index contributed by atoms with van der Waals surface area (Å²) in [4.78, 5) is 11.6. The summed E-state index contributed by atoms with van der Waals surface area (Å²) in [6.45, 7) is 0. The van der Waals surface area contributed by atoms with Crippen LogP contribution in [0.3, 0.4) is 0 Å². The van der Waals surface area contributed by atoms with E-state index in [1.807, 2.05) is 42.5 Å². The number of amides is 1. The SMILES string of the molecule is O=C1Nc2ccccc2C12NN=C(CCc1ccccc1)S2. The summed E-state index contributed by atoms with van der Waals surface area (Å²) in [5.74, 6) is -0.0443. The Balaban J connectivity index is 1.51. The van der Waals surface area contributed by atoms with Gasteiger partial charge in [-0.25, -0.2) is 0 Å². The monoisotopic (exact) mass is 309 g/mol. The van der Waals surface area contributed by atoms with Gasteiger partial charge < -0.3 is 5.32 Å². The molecule has 22 heavy (non-hydrogen) atoms. The van der Waals surface area contributed by atoms with E-state index < -0.39 is 4.87 Å². The fraction of sp³-hybridized carbons (Fsp3) is 0.176. The zero-order valence-electron chi connectivity index (χ0n) is 11.9. The van der Waals surface area contributed by atoms with Gasteiger partial charge in [-0.05, 0) is 18.1 Å². The predicted molar refractivity (Wildman–Crippen MR) is 89.7 cm³/mol. The summed E-state index contributed by atoms with van der Waals surface area (Å²) < 4.78 is 0. The highest BCUT2D eigenvalue weighted by atomic mass is 32.2. The molecule has 2 aromatic rings. The van der Waals surface area contributed by atoms with E-state index in [-0.39, 0.29) is 5.91 Å². The molecule has 2 heterocycles. The van der Waals surface area contributed by atoms with Gasteiger partial charge in [0.05, 0.1) is 5.04 Å². The van der Waals surface area contributed by atoms with E-state index >= 15 is 0 Å². The minimum atomic E-state index is -0.789. The molecule has 4 rings (SSSR count). The maximum Gasteiger partial charge on any atom is 0.267 e. The van der Waals surface area contributed by atoms with Crippen molar-refractivity contribution < 1.29 is 4.79 Å². The van der Waals surface area contributed by atoms with E-state index in [4.69, 9.17) is 0 Å². The largest absolute Gasteiger partial charge is 0.323 e. The topological polar surface area (TPSA) is 53.5 Å². The predicted octanol–water partition coefficient (Wildman–Crippen LogP) is 3.07. The average molecular weight is 309 g/mol. The van der Waals surface area contributed by atoms with Crippen molar-refractivity contribution in [1.29, 1.82) is 0 Å². The molecular weight excluding hydrogens is 294 g/mol. The van der Waals surface area contributed by atoms with Crippen molar-refractivity contribution in [3.63, 3.8) is 0 Å². The molecule has 0 saturated carbocycles. The van der Waals surface area contributed by atoms with Gasteiger partial charge in [-0.15, -0.1) is 0 Å². The van der Waals surface area contributed by atoms with E-state index in [0.29, 0.717) is 0 Å². The average Bonchev–Trinajstić information content (AvgIpc) is 3.11. The van der Waals surface area contributed by atoms with Crippen molar-refractivity contribution in [3.05, 3.63) is 65.7 Å². The summed E-state index contributed by atoms with van der Waals surface area (Å²) in [6, 6.07) is 18.1. The lowest BCUT2D eigenvalue weighted by Gasteiger charge is -2.19. The molecule has 1 atom stereocenters. The molecule has 0 saturated heterocycles. The molecule has 4 nitrogen and oxygen atoms in total. The first kappa shape index (κ1) is 13.4. The number of fused-ring (bicyclic) bond motifs is 2. The van der Waals surface area contributed by atoms with Crippen LogP contribution in [0.25, 0.3) is 0 Å². The van der Waals surface area contributed by atoms with Crippen LogP contribution in [0, 0.1) is 0 Å². The van der Waals surface area contributed by atoms with Gasteiger partial charge in [0.15, 0.2) is 0 Å². The molecule has 0 aliphatic carbocycles. The van der Waals surface area contributed by atoms with E-state index in [0.717, 1.165) is 29.1 Å². The standard InChI is InChI=1S/C17H15N3OS/c21-16-17(13-8-4-5-9-14(13)18-16)20-19-15(22-17)11-10-12-6-2-1-3-7-12/h1-9,20H,10-11H2,(H,18,21). The normalized spacial score (nSPS) is 22.2. The molecule has 0 bridgehead atoms. The molecule has 2 aromatic carbocycles.